The molecule has 2 rings (SSSR count). The van der Waals surface area contributed by atoms with E-state index in [1.54, 1.807) is 0 Å². The van der Waals surface area contributed by atoms with Gasteiger partial charge in [0.2, 0.25) is 0 Å². The van der Waals surface area contributed by atoms with E-state index in [1.807, 2.05) is 67.6 Å². The van der Waals surface area contributed by atoms with Gasteiger partial charge < -0.3 is 0 Å². The van der Waals surface area contributed by atoms with E-state index in [4.69, 9.17) is 0 Å². The van der Waals surface area contributed by atoms with Gasteiger partial charge in [0.05, 0.1) is 0 Å². The molecule has 1 atom stereocenters. The highest BCUT2D eigenvalue weighted by atomic mass is 28.3. The lowest BCUT2D eigenvalue weighted by Gasteiger charge is -2.26. The van der Waals surface area contributed by atoms with Crippen molar-refractivity contribution in [3.8, 4) is 11.5 Å². The van der Waals surface area contributed by atoms with Gasteiger partial charge in [-0.05, 0) is 30.6 Å². The molecule has 2 aromatic rings. The van der Waals surface area contributed by atoms with Crippen molar-refractivity contribution in [1.29, 1.82) is 0 Å². The summed E-state index contributed by atoms with van der Waals surface area (Å²) < 4.78 is 0. The molecule has 0 aliphatic heterocycles. The lowest BCUT2D eigenvalue weighted by atomic mass is 9.77. The minimum absolute atomic E-state index is 0.0815. The number of carbonyl (C=O) groups excluding carboxylic acids is 1. The number of rotatable bonds is 6. The van der Waals surface area contributed by atoms with Crippen molar-refractivity contribution >= 4 is 13.9 Å². The molecule has 25 heavy (non-hydrogen) atoms. The van der Waals surface area contributed by atoms with Crippen LogP contribution in [-0.2, 0) is 5.41 Å². The van der Waals surface area contributed by atoms with Gasteiger partial charge in [-0.25, -0.2) is 0 Å². The lowest BCUT2D eigenvalue weighted by Crippen LogP contribution is -2.34. The van der Waals surface area contributed by atoms with Crippen molar-refractivity contribution in [3.63, 3.8) is 0 Å². The van der Waals surface area contributed by atoms with Crippen molar-refractivity contribution in [2.75, 3.05) is 0 Å². The predicted octanol–water partition coefficient (Wildman–Crippen LogP) is 5.88. The number of Topliss-reactive ketones (excluding diaryl/α,β-unsaturated/α-hetero) is 1. The minimum Gasteiger partial charge on any atom is -0.292 e. The fourth-order valence-electron chi connectivity index (χ4n) is 3.18. The molecule has 0 aliphatic carbocycles. The van der Waals surface area contributed by atoms with Gasteiger partial charge in [0, 0.05) is 5.56 Å². The van der Waals surface area contributed by atoms with Gasteiger partial charge in [0.15, 0.2) is 5.78 Å². The van der Waals surface area contributed by atoms with Crippen molar-refractivity contribution in [2.45, 2.75) is 51.2 Å². The summed E-state index contributed by atoms with van der Waals surface area (Å²) in [5, 5.41) is 0. The molecule has 0 aliphatic rings. The van der Waals surface area contributed by atoms with Crippen LogP contribution < -0.4 is 0 Å². The molecule has 130 valence electrons. The van der Waals surface area contributed by atoms with Crippen molar-refractivity contribution in [3.05, 3.63) is 71.8 Å². The summed E-state index contributed by atoms with van der Waals surface area (Å²) in [6, 6.07) is 22.9. The first-order chi connectivity index (χ1) is 12.0. The molecule has 2 heteroatoms. The van der Waals surface area contributed by atoms with E-state index in [0.29, 0.717) is 0 Å². The summed E-state index contributed by atoms with van der Waals surface area (Å²) >= 11 is 0. The van der Waals surface area contributed by atoms with Crippen LogP contribution in [0.5, 0.6) is 0 Å². The maximum atomic E-state index is 13.4. The highest BCUT2D eigenvalue weighted by Gasteiger charge is 2.35. The molecular formula is C23H28OSi. The Morgan fingerprint density at radius 1 is 0.880 bits per heavy atom. The Morgan fingerprint density at radius 2 is 1.36 bits per heavy atom. The fourth-order valence-corrected chi connectivity index (χ4v) is 5.73. The van der Waals surface area contributed by atoms with E-state index in [0.717, 1.165) is 29.3 Å². The molecule has 0 fully saturated rings. The third-order valence-corrected chi connectivity index (χ3v) is 10.2. The SMILES string of the molecule is CC[Si](C#CC(C)(C(=O)c1ccccc1)c1ccccc1)(CC)CC. The monoisotopic (exact) mass is 348 g/mol. The second kappa shape index (κ2) is 8.32. The number of ketones is 1. The summed E-state index contributed by atoms with van der Waals surface area (Å²) in [6.45, 7) is 8.71. The molecule has 0 amide bonds. The van der Waals surface area contributed by atoms with Crippen molar-refractivity contribution in [1.82, 2.24) is 0 Å². The number of carbonyl (C=O) groups is 1. The average molecular weight is 349 g/mol. The first-order valence-corrected chi connectivity index (χ1v) is 11.8. The topological polar surface area (TPSA) is 17.1 Å². The zero-order valence-corrected chi connectivity index (χ0v) is 16.8. The summed E-state index contributed by atoms with van der Waals surface area (Å²) in [5.41, 5.74) is 4.53. The van der Waals surface area contributed by atoms with Crippen molar-refractivity contribution < 1.29 is 4.79 Å². The molecule has 1 nitrogen and oxygen atoms in total. The fraction of sp³-hybridized carbons (Fsp3) is 0.348. The Labute approximate surface area is 153 Å². The first-order valence-electron chi connectivity index (χ1n) is 9.21. The first kappa shape index (κ1) is 19.2. The van der Waals surface area contributed by atoms with E-state index in [-0.39, 0.29) is 5.78 Å². The molecule has 0 aromatic heterocycles. The highest BCUT2D eigenvalue weighted by molar-refractivity contribution is 6.87. The van der Waals surface area contributed by atoms with E-state index in [9.17, 15) is 4.79 Å². The Hall–Kier alpha value is -2.11. The van der Waals surface area contributed by atoms with Crippen LogP contribution in [0.1, 0.15) is 43.6 Å². The Balaban J connectivity index is 2.57. The molecular weight excluding hydrogens is 320 g/mol. The van der Waals surface area contributed by atoms with E-state index in [2.05, 4.69) is 32.2 Å². The zero-order valence-electron chi connectivity index (χ0n) is 15.8. The summed E-state index contributed by atoms with van der Waals surface area (Å²) in [6.07, 6.45) is 0. The van der Waals surface area contributed by atoms with Gasteiger partial charge in [-0.15, -0.1) is 5.54 Å². The number of hydrogen-bond donors (Lipinski definition) is 0. The smallest absolute Gasteiger partial charge is 0.185 e. The third-order valence-electron chi connectivity index (χ3n) is 5.45. The second-order valence-corrected chi connectivity index (χ2v) is 11.7. The Bertz CT molecular complexity index is 743. The second-order valence-electron chi connectivity index (χ2n) is 6.78. The molecule has 0 N–H and O–H groups in total. The van der Waals surface area contributed by atoms with Crippen LogP contribution >= 0.6 is 0 Å². The number of hydrogen-bond acceptors (Lipinski definition) is 1. The molecule has 2 aromatic carbocycles. The largest absolute Gasteiger partial charge is 0.292 e. The lowest BCUT2D eigenvalue weighted by molar-refractivity contribution is 0.0932. The molecule has 0 saturated carbocycles. The summed E-state index contributed by atoms with van der Waals surface area (Å²) in [4.78, 5) is 13.4. The normalized spacial score (nSPS) is 13.4. The van der Waals surface area contributed by atoms with Gasteiger partial charge in [-0.2, -0.15) is 0 Å². The van der Waals surface area contributed by atoms with Gasteiger partial charge >= 0.3 is 0 Å². The molecule has 0 spiro atoms. The summed E-state index contributed by atoms with van der Waals surface area (Å²) in [7, 11) is -1.62. The standard InChI is InChI=1S/C23H28OSi/c1-5-25(6-2,7-3)19-18-23(4,21-16-12-9-13-17-21)22(24)20-14-10-8-11-15-20/h8-17H,5-7H2,1-4H3. The van der Waals surface area contributed by atoms with Crippen LogP contribution in [-0.4, -0.2) is 13.9 Å². The maximum absolute atomic E-state index is 13.4. The van der Waals surface area contributed by atoms with E-state index in [1.165, 1.54) is 0 Å². The Kier molecular flexibility index (Phi) is 6.39. The van der Waals surface area contributed by atoms with Crippen LogP contribution in [0.3, 0.4) is 0 Å². The van der Waals surface area contributed by atoms with Crippen LogP contribution in [0.2, 0.25) is 18.1 Å². The van der Waals surface area contributed by atoms with Crippen LogP contribution in [0, 0.1) is 11.5 Å². The van der Waals surface area contributed by atoms with Gasteiger partial charge in [0.1, 0.15) is 13.5 Å². The molecule has 1 unspecified atom stereocenters. The van der Waals surface area contributed by atoms with Crippen LogP contribution in [0.15, 0.2) is 60.7 Å². The minimum atomic E-state index is -1.62. The predicted molar refractivity (Wildman–Crippen MR) is 110 cm³/mol. The average Bonchev–Trinajstić information content (AvgIpc) is 2.70. The van der Waals surface area contributed by atoms with E-state index >= 15 is 0 Å². The third kappa shape index (κ3) is 4.11. The summed E-state index contributed by atoms with van der Waals surface area (Å²) in [5.74, 6) is 3.55. The van der Waals surface area contributed by atoms with Gasteiger partial charge in [0.25, 0.3) is 0 Å². The van der Waals surface area contributed by atoms with Crippen LogP contribution in [0.25, 0.3) is 0 Å². The van der Waals surface area contributed by atoms with Gasteiger partial charge in [-0.3, -0.25) is 4.79 Å². The Morgan fingerprint density at radius 3 is 1.84 bits per heavy atom. The number of benzene rings is 2. The highest BCUT2D eigenvalue weighted by Crippen LogP contribution is 2.29. The van der Waals surface area contributed by atoms with Crippen LogP contribution in [0.4, 0.5) is 0 Å². The molecule has 0 bridgehead atoms. The molecule has 0 radical (unpaired) electrons. The zero-order chi connectivity index (χ0) is 18.3. The quantitative estimate of drug-likeness (QED) is 0.362. The molecule has 0 saturated heterocycles. The van der Waals surface area contributed by atoms with E-state index < -0.39 is 13.5 Å². The maximum Gasteiger partial charge on any atom is 0.185 e. The molecule has 0 heterocycles. The van der Waals surface area contributed by atoms with Gasteiger partial charge in [-0.1, -0.05) is 87.4 Å². The van der Waals surface area contributed by atoms with Crippen molar-refractivity contribution in [2.24, 2.45) is 0 Å².